The third-order valence-corrected chi connectivity index (χ3v) is 4.12. The van der Waals surface area contributed by atoms with Crippen LogP contribution in [0.15, 0.2) is 55.0 Å². The molecule has 0 aliphatic heterocycles. The van der Waals surface area contributed by atoms with Crippen molar-refractivity contribution in [3.63, 3.8) is 0 Å². The van der Waals surface area contributed by atoms with Crippen molar-refractivity contribution in [3.8, 4) is 11.4 Å². The minimum absolute atomic E-state index is 0.0119. The SMILES string of the molecule is CCC(NC(=O)Cn1nnc(-c2ccccc2)n1)c1cn2cccnc2n1. The number of nitrogens with one attached hydrogen (secondary N) is 1. The molecular formula is C18H18N8O. The van der Waals surface area contributed by atoms with Crippen LogP contribution < -0.4 is 5.32 Å². The van der Waals surface area contributed by atoms with Gasteiger partial charge in [-0.25, -0.2) is 9.97 Å². The quantitative estimate of drug-likeness (QED) is 0.559. The predicted octanol–water partition coefficient (Wildman–Crippen LogP) is 1.65. The van der Waals surface area contributed by atoms with Gasteiger partial charge in [0, 0.05) is 24.2 Å². The summed E-state index contributed by atoms with van der Waals surface area (Å²) >= 11 is 0. The average Bonchev–Trinajstić information content (AvgIpc) is 3.33. The molecule has 0 radical (unpaired) electrons. The average molecular weight is 362 g/mol. The molecule has 1 aromatic carbocycles. The van der Waals surface area contributed by atoms with Crippen LogP contribution in [0.25, 0.3) is 17.2 Å². The lowest BCUT2D eigenvalue weighted by Crippen LogP contribution is -2.32. The highest BCUT2D eigenvalue weighted by Gasteiger charge is 2.17. The smallest absolute Gasteiger partial charge is 0.244 e. The number of carbonyl (C=O) groups is 1. The third kappa shape index (κ3) is 3.66. The minimum atomic E-state index is -0.212. The fourth-order valence-corrected chi connectivity index (χ4v) is 2.78. The standard InChI is InChI=1S/C18H18N8O/c1-2-14(15-11-25-10-6-9-19-18(25)21-15)20-16(27)12-26-23-17(22-24-26)13-7-4-3-5-8-13/h3-11,14H,2,12H2,1H3,(H,20,27). The van der Waals surface area contributed by atoms with Crippen molar-refractivity contribution in [2.24, 2.45) is 0 Å². The Bertz CT molecular complexity index is 1020. The van der Waals surface area contributed by atoms with Gasteiger partial charge in [-0.1, -0.05) is 37.3 Å². The van der Waals surface area contributed by atoms with Crippen molar-refractivity contribution in [3.05, 3.63) is 60.7 Å². The number of tetrazole rings is 1. The molecule has 0 bridgehead atoms. The van der Waals surface area contributed by atoms with E-state index in [2.05, 4.69) is 30.7 Å². The Morgan fingerprint density at radius 3 is 2.85 bits per heavy atom. The molecule has 0 fully saturated rings. The summed E-state index contributed by atoms with van der Waals surface area (Å²) in [6.45, 7) is 1.98. The zero-order valence-electron chi connectivity index (χ0n) is 14.7. The Hall–Kier alpha value is -3.62. The van der Waals surface area contributed by atoms with E-state index in [9.17, 15) is 4.79 Å². The van der Waals surface area contributed by atoms with Gasteiger partial charge in [0.05, 0.1) is 11.7 Å². The zero-order chi connectivity index (χ0) is 18.6. The van der Waals surface area contributed by atoms with Crippen molar-refractivity contribution in [1.82, 2.24) is 39.9 Å². The molecule has 9 heteroatoms. The Balaban J connectivity index is 1.44. The number of benzene rings is 1. The van der Waals surface area contributed by atoms with Gasteiger partial charge in [0.1, 0.15) is 6.54 Å². The largest absolute Gasteiger partial charge is 0.346 e. The number of fused-ring (bicyclic) bond motifs is 1. The lowest BCUT2D eigenvalue weighted by atomic mass is 10.1. The predicted molar refractivity (Wildman–Crippen MR) is 97.4 cm³/mol. The van der Waals surface area contributed by atoms with E-state index >= 15 is 0 Å². The first-order chi connectivity index (χ1) is 13.2. The summed E-state index contributed by atoms with van der Waals surface area (Å²) in [6, 6.07) is 11.1. The summed E-state index contributed by atoms with van der Waals surface area (Å²) in [6.07, 6.45) is 6.14. The maximum atomic E-state index is 12.4. The highest BCUT2D eigenvalue weighted by molar-refractivity contribution is 5.76. The lowest BCUT2D eigenvalue weighted by molar-refractivity contribution is -0.122. The summed E-state index contributed by atoms with van der Waals surface area (Å²) in [5.41, 5.74) is 1.62. The van der Waals surface area contributed by atoms with Crippen LogP contribution in [-0.2, 0) is 11.3 Å². The van der Waals surface area contributed by atoms with E-state index in [4.69, 9.17) is 0 Å². The molecule has 27 heavy (non-hydrogen) atoms. The fraction of sp³-hybridized carbons (Fsp3) is 0.222. The van der Waals surface area contributed by atoms with Crippen molar-refractivity contribution in [2.75, 3.05) is 0 Å². The number of rotatable bonds is 6. The summed E-state index contributed by atoms with van der Waals surface area (Å²) < 4.78 is 1.83. The second kappa shape index (κ2) is 7.32. The number of imidazole rings is 1. The van der Waals surface area contributed by atoms with E-state index in [1.807, 2.05) is 60.1 Å². The number of hydrogen-bond acceptors (Lipinski definition) is 6. The summed E-state index contributed by atoms with van der Waals surface area (Å²) in [4.78, 5) is 22.4. The molecule has 3 heterocycles. The molecule has 4 aromatic rings. The van der Waals surface area contributed by atoms with Crippen LogP contribution in [0.3, 0.4) is 0 Å². The summed E-state index contributed by atoms with van der Waals surface area (Å²) in [5, 5.41) is 15.2. The maximum absolute atomic E-state index is 12.4. The Kier molecular flexibility index (Phi) is 4.56. The molecule has 4 rings (SSSR count). The first kappa shape index (κ1) is 16.8. The van der Waals surface area contributed by atoms with Crippen molar-refractivity contribution < 1.29 is 4.79 Å². The summed E-state index contributed by atoms with van der Waals surface area (Å²) in [7, 11) is 0. The van der Waals surface area contributed by atoms with Gasteiger partial charge in [0.25, 0.3) is 0 Å². The number of nitrogens with zero attached hydrogens (tertiary/aromatic N) is 7. The van der Waals surface area contributed by atoms with Gasteiger partial charge in [-0.15, -0.1) is 10.2 Å². The van der Waals surface area contributed by atoms with E-state index in [0.29, 0.717) is 18.0 Å². The van der Waals surface area contributed by atoms with Crippen LogP contribution in [0.4, 0.5) is 0 Å². The molecule has 1 N–H and O–H groups in total. The van der Waals surface area contributed by atoms with E-state index < -0.39 is 0 Å². The molecule has 1 amide bonds. The number of carbonyl (C=O) groups excluding carboxylic acids is 1. The van der Waals surface area contributed by atoms with Gasteiger partial charge in [-0.2, -0.15) is 4.80 Å². The molecule has 0 saturated heterocycles. The molecule has 9 nitrogen and oxygen atoms in total. The van der Waals surface area contributed by atoms with Crippen molar-refractivity contribution >= 4 is 11.7 Å². The summed E-state index contributed by atoms with van der Waals surface area (Å²) in [5.74, 6) is 0.886. The van der Waals surface area contributed by atoms with Crippen LogP contribution in [0, 0.1) is 0 Å². The van der Waals surface area contributed by atoms with Crippen LogP contribution in [0.5, 0.6) is 0 Å². The Morgan fingerprint density at radius 2 is 2.07 bits per heavy atom. The first-order valence-corrected chi connectivity index (χ1v) is 8.65. The molecule has 1 unspecified atom stereocenters. The highest BCUT2D eigenvalue weighted by Crippen LogP contribution is 2.16. The second-order valence-electron chi connectivity index (χ2n) is 6.03. The second-order valence-corrected chi connectivity index (χ2v) is 6.03. The molecule has 1 atom stereocenters. The van der Waals surface area contributed by atoms with Crippen molar-refractivity contribution in [2.45, 2.75) is 25.9 Å². The van der Waals surface area contributed by atoms with Crippen molar-refractivity contribution in [1.29, 1.82) is 0 Å². The molecule has 3 aromatic heterocycles. The zero-order valence-corrected chi connectivity index (χ0v) is 14.7. The van der Waals surface area contributed by atoms with Gasteiger partial charge in [0.2, 0.25) is 17.5 Å². The lowest BCUT2D eigenvalue weighted by Gasteiger charge is -2.14. The Labute approximate surface area is 155 Å². The van der Waals surface area contributed by atoms with E-state index in [0.717, 1.165) is 11.3 Å². The third-order valence-electron chi connectivity index (χ3n) is 4.12. The normalized spacial score (nSPS) is 12.2. The number of hydrogen-bond donors (Lipinski definition) is 1. The molecule has 136 valence electrons. The monoisotopic (exact) mass is 362 g/mol. The van der Waals surface area contributed by atoms with Gasteiger partial charge >= 0.3 is 0 Å². The topological polar surface area (TPSA) is 103 Å². The van der Waals surface area contributed by atoms with E-state index in [1.165, 1.54) is 4.80 Å². The van der Waals surface area contributed by atoms with Crippen LogP contribution >= 0.6 is 0 Å². The molecule has 0 spiro atoms. The number of amides is 1. The number of aromatic nitrogens is 7. The molecule has 0 aliphatic carbocycles. The van der Waals surface area contributed by atoms with E-state index in [-0.39, 0.29) is 18.5 Å². The van der Waals surface area contributed by atoms with E-state index in [1.54, 1.807) is 6.20 Å². The molecular weight excluding hydrogens is 344 g/mol. The van der Waals surface area contributed by atoms with Gasteiger partial charge in [-0.05, 0) is 17.7 Å². The van der Waals surface area contributed by atoms with Gasteiger partial charge in [-0.3, -0.25) is 9.20 Å². The molecule has 0 saturated carbocycles. The fourth-order valence-electron chi connectivity index (χ4n) is 2.78. The van der Waals surface area contributed by atoms with Gasteiger partial charge < -0.3 is 5.32 Å². The van der Waals surface area contributed by atoms with Crippen LogP contribution in [0.2, 0.25) is 0 Å². The minimum Gasteiger partial charge on any atom is -0.346 e. The van der Waals surface area contributed by atoms with Crippen LogP contribution in [0.1, 0.15) is 25.1 Å². The Morgan fingerprint density at radius 1 is 1.22 bits per heavy atom. The first-order valence-electron chi connectivity index (χ1n) is 8.65. The van der Waals surface area contributed by atoms with Crippen LogP contribution in [-0.4, -0.2) is 40.5 Å². The maximum Gasteiger partial charge on any atom is 0.244 e. The highest BCUT2D eigenvalue weighted by atomic mass is 16.2. The molecule has 0 aliphatic rings. The van der Waals surface area contributed by atoms with Gasteiger partial charge in [0.15, 0.2) is 0 Å².